The van der Waals surface area contributed by atoms with Gasteiger partial charge in [0.25, 0.3) is 0 Å². The highest BCUT2D eigenvalue weighted by atomic mass is 14.8. The first kappa shape index (κ1) is 8.17. The summed E-state index contributed by atoms with van der Waals surface area (Å²) in [7, 11) is 0. The van der Waals surface area contributed by atoms with Crippen LogP contribution in [-0.4, -0.2) is 9.97 Å². The SMILES string of the molecule is CCC1=CCC=Cc2ncncc21. The molecule has 0 fully saturated rings. The number of hydrogen-bond acceptors (Lipinski definition) is 2. The second-order valence-corrected chi connectivity index (χ2v) is 3.04. The molecule has 13 heavy (non-hydrogen) atoms. The van der Waals surface area contributed by atoms with Gasteiger partial charge in [-0.2, -0.15) is 0 Å². The largest absolute Gasteiger partial charge is 0.244 e. The Kier molecular flexibility index (Phi) is 2.21. The molecular weight excluding hydrogens is 160 g/mol. The van der Waals surface area contributed by atoms with E-state index in [0.717, 1.165) is 18.5 Å². The van der Waals surface area contributed by atoms with E-state index >= 15 is 0 Å². The molecule has 0 atom stereocenters. The Morgan fingerprint density at radius 1 is 1.46 bits per heavy atom. The lowest BCUT2D eigenvalue weighted by Gasteiger charge is -2.04. The molecule has 1 aliphatic carbocycles. The summed E-state index contributed by atoms with van der Waals surface area (Å²) in [5, 5.41) is 0. The molecule has 0 spiro atoms. The normalized spacial score (nSPS) is 14.7. The molecule has 2 heteroatoms. The third-order valence-electron chi connectivity index (χ3n) is 2.25. The maximum absolute atomic E-state index is 4.24. The van der Waals surface area contributed by atoms with Gasteiger partial charge in [-0.05, 0) is 24.5 Å². The fraction of sp³-hybridized carbons (Fsp3) is 0.273. The molecule has 0 aliphatic heterocycles. The van der Waals surface area contributed by atoms with Crippen molar-refractivity contribution in [2.75, 3.05) is 0 Å². The first-order valence-electron chi connectivity index (χ1n) is 4.57. The lowest BCUT2D eigenvalue weighted by atomic mass is 10.0. The summed E-state index contributed by atoms with van der Waals surface area (Å²) < 4.78 is 0. The van der Waals surface area contributed by atoms with E-state index < -0.39 is 0 Å². The van der Waals surface area contributed by atoms with Crippen molar-refractivity contribution in [3.8, 4) is 0 Å². The number of nitrogens with zero attached hydrogens (tertiary/aromatic N) is 2. The Morgan fingerprint density at radius 2 is 2.38 bits per heavy atom. The molecule has 1 aromatic heterocycles. The first-order valence-corrected chi connectivity index (χ1v) is 4.57. The minimum absolute atomic E-state index is 1.000. The molecule has 0 N–H and O–H groups in total. The van der Waals surface area contributed by atoms with E-state index in [1.54, 1.807) is 6.33 Å². The zero-order chi connectivity index (χ0) is 9.10. The molecule has 0 amide bonds. The highest BCUT2D eigenvalue weighted by Crippen LogP contribution is 2.23. The fourth-order valence-corrected chi connectivity index (χ4v) is 1.55. The molecule has 1 aromatic rings. The van der Waals surface area contributed by atoms with Crippen LogP contribution < -0.4 is 0 Å². The van der Waals surface area contributed by atoms with Crippen LogP contribution in [0, 0.1) is 0 Å². The van der Waals surface area contributed by atoms with Crippen molar-refractivity contribution >= 4 is 11.6 Å². The minimum Gasteiger partial charge on any atom is -0.244 e. The van der Waals surface area contributed by atoms with Gasteiger partial charge in [-0.25, -0.2) is 9.97 Å². The molecule has 0 aromatic carbocycles. The smallest absolute Gasteiger partial charge is 0.116 e. The summed E-state index contributed by atoms with van der Waals surface area (Å²) in [6.07, 6.45) is 12.0. The molecule has 66 valence electrons. The Hall–Kier alpha value is -1.44. The van der Waals surface area contributed by atoms with Gasteiger partial charge in [0, 0.05) is 11.8 Å². The maximum Gasteiger partial charge on any atom is 0.116 e. The lowest BCUT2D eigenvalue weighted by molar-refractivity contribution is 1.12. The number of aromatic nitrogens is 2. The monoisotopic (exact) mass is 172 g/mol. The Bertz CT molecular complexity index is 364. The van der Waals surface area contributed by atoms with Crippen molar-refractivity contribution in [3.63, 3.8) is 0 Å². The minimum atomic E-state index is 1.000. The second-order valence-electron chi connectivity index (χ2n) is 3.04. The van der Waals surface area contributed by atoms with E-state index in [1.807, 2.05) is 6.20 Å². The predicted molar refractivity (Wildman–Crippen MR) is 54.0 cm³/mol. The Balaban J connectivity index is 2.55. The van der Waals surface area contributed by atoms with Gasteiger partial charge < -0.3 is 0 Å². The van der Waals surface area contributed by atoms with Crippen LogP contribution in [0.25, 0.3) is 11.6 Å². The van der Waals surface area contributed by atoms with Crippen molar-refractivity contribution in [1.29, 1.82) is 0 Å². The number of rotatable bonds is 1. The third kappa shape index (κ3) is 1.52. The van der Waals surface area contributed by atoms with Gasteiger partial charge in [0.05, 0.1) is 5.69 Å². The average Bonchev–Trinajstić information content (AvgIpc) is 2.39. The molecular formula is C11H12N2. The van der Waals surface area contributed by atoms with Crippen LogP contribution in [0.15, 0.2) is 24.7 Å². The van der Waals surface area contributed by atoms with Crippen LogP contribution in [0.3, 0.4) is 0 Å². The Morgan fingerprint density at radius 3 is 3.23 bits per heavy atom. The zero-order valence-electron chi connectivity index (χ0n) is 7.70. The van der Waals surface area contributed by atoms with Crippen molar-refractivity contribution in [2.24, 2.45) is 0 Å². The van der Waals surface area contributed by atoms with E-state index in [2.05, 4.69) is 35.1 Å². The van der Waals surface area contributed by atoms with Gasteiger partial charge in [0.1, 0.15) is 6.33 Å². The molecule has 0 saturated carbocycles. The van der Waals surface area contributed by atoms with Crippen LogP contribution in [0.1, 0.15) is 31.0 Å². The standard InChI is InChI=1S/C11H12N2/c1-2-9-5-3-4-6-11-10(9)7-12-8-13-11/h4-8H,2-3H2,1H3. The van der Waals surface area contributed by atoms with Crippen LogP contribution >= 0.6 is 0 Å². The molecule has 0 unspecified atom stereocenters. The summed E-state index contributed by atoms with van der Waals surface area (Å²) in [5.41, 5.74) is 3.57. The van der Waals surface area contributed by atoms with Gasteiger partial charge in [0.15, 0.2) is 0 Å². The van der Waals surface area contributed by atoms with Gasteiger partial charge in [0.2, 0.25) is 0 Å². The van der Waals surface area contributed by atoms with Crippen molar-refractivity contribution < 1.29 is 0 Å². The van der Waals surface area contributed by atoms with E-state index in [-0.39, 0.29) is 0 Å². The van der Waals surface area contributed by atoms with E-state index in [1.165, 1.54) is 11.1 Å². The van der Waals surface area contributed by atoms with Crippen LogP contribution in [0.4, 0.5) is 0 Å². The molecule has 1 aliphatic rings. The van der Waals surface area contributed by atoms with E-state index in [9.17, 15) is 0 Å². The molecule has 2 nitrogen and oxygen atoms in total. The zero-order valence-corrected chi connectivity index (χ0v) is 7.70. The molecule has 2 rings (SSSR count). The van der Waals surface area contributed by atoms with Gasteiger partial charge in [-0.15, -0.1) is 0 Å². The number of allylic oxidation sites excluding steroid dienone is 3. The highest BCUT2D eigenvalue weighted by molar-refractivity contribution is 5.73. The predicted octanol–water partition coefficient (Wildman–Crippen LogP) is 2.69. The Labute approximate surface area is 78.0 Å². The third-order valence-corrected chi connectivity index (χ3v) is 2.25. The highest BCUT2D eigenvalue weighted by Gasteiger charge is 2.06. The van der Waals surface area contributed by atoms with Gasteiger partial charge in [-0.1, -0.05) is 19.1 Å². The summed E-state index contributed by atoms with van der Waals surface area (Å²) in [6, 6.07) is 0. The van der Waals surface area contributed by atoms with E-state index in [4.69, 9.17) is 0 Å². The quantitative estimate of drug-likeness (QED) is 0.650. The maximum atomic E-state index is 4.24. The second kappa shape index (κ2) is 3.52. The first-order chi connectivity index (χ1) is 6.42. The molecule has 0 radical (unpaired) electrons. The summed E-state index contributed by atoms with van der Waals surface area (Å²) >= 11 is 0. The number of hydrogen-bond donors (Lipinski definition) is 0. The van der Waals surface area contributed by atoms with Crippen LogP contribution in [-0.2, 0) is 0 Å². The lowest BCUT2D eigenvalue weighted by Crippen LogP contribution is -1.91. The van der Waals surface area contributed by atoms with E-state index in [0.29, 0.717) is 0 Å². The van der Waals surface area contributed by atoms with Crippen molar-refractivity contribution in [2.45, 2.75) is 19.8 Å². The van der Waals surface area contributed by atoms with Crippen LogP contribution in [0.2, 0.25) is 0 Å². The van der Waals surface area contributed by atoms with Gasteiger partial charge >= 0.3 is 0 Å². The fourth-order valence-electron chi connectivity index (χ4n) is 1.55. The summed E-state index contributed by atoms with van der Waals surface area (Å²) in [6.45, 7) is 2.16. The van der Waals surface area contributed by atoms with Crippen LogP contribution in [0.5, 0.6) is 0 Å². The molecule has 0 saturated heterocycles. The van der Waals surface area contributed by atoms with Crippen molar-refractivity contribution in [3.05, 3.63) is 35.9 Å². The molecule has 1 heterocycles. The number of fused-ring (bicyclic) bond motifs is 1. The summed E-state index contributed by atoms with van der Waals surface area (Å²) in [4.78, 5) is 8.29. The topological polar surface area (TPSA) is 25.8 Å². The average molecular weight is 172 g/mol. The molecule has 0 bridgehead atoms. The van der Waals surface area contributed by atoms with Gasteiger partial charge in [-0.3, -0.25) is 0 Å². The van der Waals surface area contributed by atoms with Crippen molar-refractivity contribution in [1.82, 2.24) is 9.97 Å². The summed E-state index contributed by atoms with van der Waals surface area (Å²) in [5.74, 6) is 0.